The molecule has 2 aromatic carbocycles. The van der Waals surface area contributed by atoms with Crippen LogP contribution in [0.4, 0.5) is 5.69 Å². The van der Waals surface area contributed by atoms with Gasteiger partial charge in [-0.05, 0) is 30.3 Å². The second-order valence-electron chi connectivity index (χ2n) is 4.11. The fourth-order valence-electron chi connectivity index (χ4n) is 1.58. The van der Waals surface area contributed by atoms with Crippen molar-refractivity contribution >= 4 is 40.8 Å². The van der Waals surface area contributed by atoms with Crippen molar-refractivity contribution in [3.63, 3.8) is 0 Å². The Hall–Kier alpha value is -2.04. The Kier molecular flexibility index (Phi) is 5.20. The number of para-hydroxylation sites is 1. The van der Waals surface area contributed by atoms with E-state index in [0.29, 0.717) is 15.7 Å². The van der Waals surface area contributed by atoms with Crippen molar-refractivity contribution < 1.29 is 14.3 Å². The highest BCUT2D eigenvalue weighted by Gasteiger charge is 2.11. The van der Waals surface area contributed by atoms with E-state index in [1.54, 1.807) is 42.5 Å². The number of carbonyl (C=O) groups is 2. The molecule has 6 heteroatoms. The van der Waals surface area contributed by atoms with Crippen LogP contribution in [0.5, 0.6) is 0 Å². The third-order valence-electron chi connectivity index (χ3n) is 2.54. The Balaban J connectivity index is 1.90. The van der Waals surface area contributed by atoms with E-state index in [1.165, 1.54) is 6.07 Å². The van der Waals surface area contributed by atoms with Crippen molar-refractivity contribution in [1.29, 1.82) is 0 Å². The van der Waals surface area contributed by atoms with E-state index >= 15 is 0 Å². The number of rotatable bonds is 4. The molecule has 0 aliphatic carbocycles. The summed E-state index contributed by atoms with van der Waals surface area (Å²) < 4.78 is 4.90. The van der Waals surface area contributed by atoms with Gasteiger partial charge in [-0.1, -0.05) is 41.4 Å². The molecule has 2 rings (SSSR count). The Morgan fingerprint density at radius 1 is 1.05 bits per heavy atom. The highest BCUT2D eigenvalue weighted by molar-refractivity contribution is 6.33. The molecule has 0 saturated heterocycles. The molecule has 0 aliphatic heterocycles. The quantitative estimate of drug-likeness (QED) is 0.871. The van der Waals surface area contributed by atoms with Crippen LogP contribution in [0.15, 0.2) is 48.5 Å². The van der Waals surface area contributed by atoms with Crippen molar-refractivity contribution in [1.82, 2.24) is 0 Å². The lowest BCUT2D eigenvalue weighted by atomic mass is 10.2. The van der Waals surface area contributed by atoms with Gasteiger partial charge in [0.15, 0.2) is 6.61 Å². The average Bonchev–Trinajstić information content (AvgIpc) is 2.47. The van der Waals surface area contributed by atoms with Gasteiger partial charge in [0.1, 0.15) is 0 Å². The monoisotopic (exact) mass is 323 g/mol. The number of carbonyl (C=O) groups excluding carboxylic acids is 2. The number of benzene rings is 2. The maximum Gasteiger partial charge on any atom is 0.338 e. The lowest BCUT2D eigenvalue weighted by molar-refractivity contribution is -0.119. The smallest absolute Gasteiger partial charge is 0.338 e. The first kappa shape index (κ1) is 15.4. The summed E-state index contributed by atoms with van der Waals surface area (Å²) in [5.41, 5.74) is 0.746. The molecule has 4 nitrogen and oxygen atoms in total. The highest BCUT2D eigenvalue weighted by Crippen LogP contribution is 2.20. The van der Waals surface area contributed by atoms with Gasteiger partial charge in [0, 0.05) is 5.02 Å². The number of nitrogens with one attached hydrogen (secondary N) is 1. The van der Waals surface area contributed by atoms with Gasteiger partial charge in [0.25, 0.3) is 5.91 Å². The van der Waals surface area contributed by atoms with Crippen molar-refractivity contribution in [3.8, 4) is 0 Å². The molecule has 0 fully saturated rings. The van der Waals surface area contributed by atoms with Crippen LogP contribution in [0.3, 0.4) is 0 Å². The summed E-state index contributed by atoms with van der Waals surface area (Å²) in [6.07, 6.45) is 0. The Morgan fingerprint density at radius 2 is 1.81 bits per heavy atom. The van der Waals surface area contributed by atoms with Gasteiger partial charge in [0.05, 0.1) is 16.3 Å². The first-order valence-corrected chi connectivity index (χ1v) is 6.79. The number of ether oxygens (including phenoxy) is 1. The van der Waals surface area contributed by atoms with Gasteiger partial charge >= 0.3 is 5.97 Å². The minimum atomic E-state index is -0.619. The predicted molar refractivity (Wildman–Crippen MR) is 81.8 cm³/mol. The third-order valence-corrected chi connectivity index (χ3v) is 3.11. The molecular formula is C15H11Cl2NO3. The molecule has 108 valence electrons. The van der Waals surface area contributed by atoms with Gasteiger partial charge in [-0.25, -0.2) is 4.79 Å². The first-order valence-electron chi connectivity index (χ1n) is 6.03. The van der Waals surface area contributed by atoms with Gasteiger partial charge in [-0.2, -0.15) is 0 Å². The van der Waals surface area contributed by atoms with E-state index in [2.05, 4.69) is 5.32 Å². The van der Waals surface area contributed by atoms with E-state index in [0.717, 1.165) is 0 Å². The summed E-state index contributed by atoms with van der Waals surface area (Å²) in [4.78, 5) is 23.4. The van der Waals surface area contributed by atoms with E-state index in [4.69, 9.17) is 27.9 Å². The molecule has 1 N–H and O–H groups in total. The number of hydrogen-bond donors (Lipinski definition) is 1. The second kappa shape index (κ2) is 7.11. The molecule has 1 amide bonds. The van der Waals surface area contributed by atoms with Crippen molar-refractivity contribution in [2.75, 3.05) is 11.9 Å². The molecule has 0 radical (unpaired) electrons. The molecule has 0 spiro atoms. The Bertz CT molecular complexity index is 673. The summed E-state index contributed by atoms with van der Waals surface area (Å²) in [6, 6.07) is 13.1. The maximum absolute atomic E-state index is 11.7. The van der Waals surface area contributed by atoms with Gasteiger partial charge in [-0.15, -0.1) is 0 Å². The lowest BCUT2D eigenvalue weighted by Crippen LogP contribution is -2.21. The molecule has 21 heavy (non-hydrogen) atoms. The van der Waals surface area contributed by atoms with E-state index in [-0.39, 0.29) is 5.56 Å². The van der Waals surface area contributed by atoms with Gasteiger partial charge in [-0.3, -0.25) is 4.79 Å². The number of anilines is 1. The number of amides is 1. The van der Waals surface area contributed by atoms with Crippen molar-refractivity contribution in [3.05, 3.63) is 64.1 Å². The van der Waals surface area contributed by atoms with Crippen LogP contribution in [-0.4, -0.2) is 18.5 Å². The molecular weight excluding hydrogens is 313 g/mol. The summed E-state index contributed by atoms with van der Waals surface area (Å²) in [5, 5.41) is 3.38. The predicted octanol–water partition coefficient (Wildman–Crippen LogP) is 3.79. The molecule has 0 atom stereocenters. The van der Waals surface area contributed by atoms with Crippen molar-refractivity contribution in [2.24, 2.45) is 0 Å². The second-order valence-corrected chi connectivity index (χ2v) is 4.96. The van der Waals surface area contributed by atoms with E-state index in [1.807, 2.05) is 0 Å². The SMILES string of the molecule is O=C(COC(=O)c1cccc(Cl)c1)Nc1ccccc1Cl. The first-order chi connectivity index (χ1) is 10.1. The molecule has 0 bridgehead atoms. The summed E-state index contributed by atoms with van der Waals surface area (Å²) in [5.74, 6) is -1.09. The fourth-order valence-corrected chi connectivity index (χ4v) is 1.95. The van der Waals surface area contributed by atoms with Crippen LogP contribution in [0.1, 0.15) is 10.4 Å². The zero-order chi connectivity index (χ0) is 15.2. The molecule has 0 heterocycles. The van der Waals surface area contributed by atoms with Crippen LogP contribution >= 0.6 is 23.2 Å². The van der Waals surface area contributed by atoms with Crippen molar-refractivity contribution in [2.45, 2.75) is 0 Å². The normalized spacial score (nSPS) is 10.0. The molecule has 0 aromatic heterocycles. The van der Waals surface area contributed by atoms with E-state index < -0.39 is 18.5 Å². The Labute approximate surface area is 131 Å². The average molecular weight is 324 g/mol. The number of halogens is 2. The zero-order valence-electron chi connectivity index (χ0n) is 10.8. The number of esters is 1. The molecule has 0 saturated carbocycles. The largest absolute Gasteiger partial charge is 0.452 e. The standard InChI is InChI=1S/C15H11Cl2NO3/c16-11-5-3-4-10(8-11)15(20)21-9-14(19)18-13-7-2-1-6-12(13)17/h1-8H,9H2,(H,18,19). The minimum Gasteiger partial charge on any atom is -0.452 e. The number of hydrogen-bond acceptors (Lipinski definition) is 3. The zero-order valence-corrected chi connectivity index (χ0v) is 12.3. The van der Waals surface area contributed by atoms with Gasteiger partial charge < -0.3 is 10.1 Å². The molecule has 0 unspecified atom stereocenters. The Morgan fingerprint density at radius 3 is 2.52 bits per heavy atom. The van der Waals surface area contributed by atoms with Crippen LogP contribution < -0.4 is 5.32 Å². The topological polar surface area (TPSA) is 55.4 Å². The van der Waals surface area contributed by atoms with Crippen LogP contribution in [0, 0.1) is 0 Å². The molecule has 0 aliphatic rings. The summed E-state index contributed by atoms with van der Waals surface area (Å²) in [7, 11) is 0. The van der Waals surface area contributed by atoms with Crippen LogP contribution in [0.2, 0.25) is 10.0 Å². The summed E-state index contributed by atoms with van der Waals surface area (Å²) >= 11 is 11.7. The summed E-state index contributed by atoms with van der Waals surface area (Å²) in [6.45, 7) is -0.406. The van der Waals surface area contributed by atoms with Crippen LogP contribution in [-0.2, 0) is 9.53 Å². The highest BCUT2D eigenvalue weighted by atomic mass is 35.5. The van der Waals surface area contributed by atoms with E-state index in [9.17, 15) is 9.59 Å². The maximum atomic E-state index is 11.7. The van der Waals surface area contributed by atoms with Crippen LogP contribution in [0.25, 0.3) is 0 Å². The van der Waals surface area contributed by atoms with Gasteiger partial charge in [0.2, 0.25) is 0 Å². The minimum absolute atomic E-state index is 0.285. The molecule has 2 aromatic rings. The fraction of sp³-hybridized carbons (Fsp3) is 0.0667. The lowest BCUT2D eigenvalue weighted by Gasteiger charge is -2.08. The third kappa shape index (κ3) is 4.48.